The second kappa shape index (κ2) is 7.24. The lowest BCUT2D eigenvalue weighted by molar-refractivity contribution is 0.0990. The van der Waals surface area contributed by atoms with Gasteiger partial charge in [0.15, 0.2) is 11.6 Å². The summed E-state index contributed by atoms with van der Waals surface area (Å²) in [5.74, 6) is -0.161. The quantitative estimate of drug-likeness (QED) is 0.132. The van der Waals surface area contributed by atoms with E-state index in [4.69, 9.17) is 50.8 Å². The van der Waals surface area contributed by atoms with Gasteiger partial charge in [-0.1, -0.05) is 76.7 Å². The van der Waals surface area contributed by atoms with Crippen LogP contribution in [-0.2, 0) is 7.05 Å². The first-order chi connectivity index (χ1) is 14.8. The fourth-order valence-electron chi connectivity index (χ4n) is 3.62. The molecule has 0 bridgehead atoms. The van der Waals surface area contributed by atoms with Crippen LogP contribution in [0.5, 0.6) is 0 Å². The molecule has 1 aliphatic rings. The summed E-state index contributed by atoms with van der Waals surface area (Å²) in [5.41, 5.74) is 1.77. The Labute approximate surface area is 195 Å². The van der Waals surface area contributed by atoms with E-state index in [9.17, 15) is 9.59 Å². The van der Waals surface area contributed by atoms with Crippen molar-refractivity contribution in [3.05, 3.63) is 78.9 Å². The first-order valence-electron chi connectivity index (χ1n) is 8.98. The zero-order valence-corrected chi connectivity index (χ0v) is 18.7. The van der Waals surface area contributed by atoms with Crippen LogP contribution in [0, 0.1) is 0 Å². The monoisotopic (exact) mass is 490 g/mol. The maximum atomic E-state index is 12.9. The Bertz CT molecular complexity index is 1420. The lowest BCUT2D eigenvalue weighted by Gasteiger charge is -2.07. The van der Waals surface area contributed by atoms with Crippen LogP contribution >= 0.6 is 46.4 Å². The highest BCUT2D eigenvalue weighted by Crippen LogP contribution is 2.46. The zero-order valence-electron chi connectivity index (χ0n) is 15.7. The summed E-state index contributed by atoms with van der Waals surface area (Å²) in [5, 5.41) is -0.357. The standard InChI is InChI=1S/C22H10Cl4N2O3/c1-28-12-8-10(31-22(12)27-21(28)9-5-3-2-4-6-9)7-11-19(29)13-14(20(11)30)16(24)18(26)17(25)15(13)23/h2-8H,1H3. The number of rotatable bonds is 2. The number of imidazole rings is 1. The molecule has 0 saturated carbocycles. The molecule has 2 aromatic carbocycles. The van der Waals surface area contributed by atoms with E-state index in [0.717, 1.165) is 11.4 Å². The number of Topliss-reactive ketones (excluding diaryl/α,β-unsaturated/α-hetero) is 2. The normalized spacial score (nSPS) is 13.4. The molecule has 5 rings (SSSR count). The number of furan rings is 1. The number of allylic oxidation sites excluding steroid dienone is 1. The van der Waals surface area contributed by atoms with Crippen molar-refractivity contribution in [3.8, 4) is 11.4 Å². The predicted octanol–water partition coefficient (Wildman–Crippen LogP) is 6.91. The molecular formula is C22H10Cl4N2O3. The van der Waals surface area contributed by atoms with Crippen molar-refractivity contribution in [1.29, 1.82) is 0 Å². The maximum Gasteiger partial charge on any atom is 0.245 e. The first kappa shape index (κ1) is 20.3. The summed E-state index contributed by atoms with van der Waals surface area (Å²) in [4.78, 5) is 30.3. The highest BCUT2D eigenvalue weighted by molar-refractivity contribution is 6.57. The number of hydrogen-bond donors (Lipinski definition) is 0. The molecule has 31 heavy (non-hydrogen) atoms. The van der Waals surface area contributed by atoms with Gasteiger partial charge in [-0.3, -0.25) is 9.59 Å². The second-order valence-corrected chi connectivity index (χ2v) is 8.43. The van der Waals surface area contributed by atoms with Crippen LogP contribution in [-0.4, -0.2) is 21.1 Å². The molecule has 0 fully saturated rings. The van der Waals surface area contributed by atoms with Gasteiger partial charge in [0.05, 0.1) is 36.8 Å². The van der Waals surface area contributed by atoms with Crippen molar-refractivity contribution in [2.75, 3.05) is 0 Å². The van der Waals surface area contributed by atoms with Gasteiger partial charge in [0.25, 0.3) is 0 Å². The smallest absolute Gasteiger partial charge is 0.245 e. The number of aryl methyl sites for hydroxylation is 1. The van der Waals surface area contributed by atoms with E-state index in [0.29, 0.717) is 17.0 Å². The summed E-state index contributed by atoms with van der Waals surface area (Å²) >= 11 is 24.4. The largest absolute Gasteiger partial charge is 0.437 e. The lowest BCUT2D eigenvalue weighted by Crippen LogP contribution is -2.00. The van der Waals surface area contributed by atoms with Gasteiger partial charge < -0.3 is 8.98 Å². The summed E-state index contributed by atoms with van der Waals surface area (Å²) in [6.07, 6.45) is 1.35. The van der Waals surface area contributed by atoms with Gasteiger partial charge in [0, 0.05) is 18.7 Å². The van der Waals surface area contributed by atoms with Gasteiger partial charge in [-0.05, 0) is 6.08 Å². The number of ketones is 2. The molecule has 2 aromatic heterocycles. The number of fused-ring (bicyclic) bond motifs is 2. The van der Waals surface area contributed by atoms with E-state index in [-0.39, 0.29) is 36.8 Å². The topological polar surface area (TPSA) is 65.1 Å². The molecule has 9 heteroatoms. The molecular weight excluding hydrogens is 482 g/mol. The molecule has 5 nitrogen and oxygen atoms in total. The number of carbonyl (C=O) groups is 2. The molecule has 1 aliphatic carbocycles. The van der Waals surface area contributed by atoms with Gasteiger partial charge >= 0.3 is 0 Å². The Morgan fingerprint density at radius 3 is 2.03 bits per heavy atom. The highest BCUT2D eigenvalue weighted by Gasteiger charge is 2.39. The van der Waals surface area contributed by atoms with E-state index in [1.807, 2.05) is 41.9 Å². The number of hydrogen-bond acceptors (Lipinski definition) is 4. The molecule has 2 heterocycles. The average Bonchev–Trinajstić information content (AvgIpc) is 3.38. The number of halogens is 4. The van der Waals surface area contributed by atoms with Crippen LogP contribution in [0.3, 0.4) is 0 Å². The summed E-state index contributed by atoms with van der Waals surface area (Å²) < 4.78 is 7.66. The van der Waals surface area contributed by atoms with E-state index in [1.165, 1.54) is 6.08 Å². The van der Waals surface area contributed by atoms with Crippen LogP contribution in [0.4, 0.5) is 0 Å². The fraction of sp³-hybridized carbons (Fsp3) is 0.0455. The van der Waals surface area contributed by atoms with Crippen LogP contribution < -0.4 is 0 Å². The predicted molar refractivity (Wildman–Crippen MR) is 122 cm³/mol. The molecule has 0 amide bonds. The third-order valence-electron chi connectivity index (χ3n) is 5.13. The minimum Gasteiger partial charge on any atom is -0.437 e. The molecule has 0 N–H and O–H groups in total. The van der Waals surface area contributed by atoms with Crippen LogP contribution in [0.25, 0.3) is 28.7 Å². The molecule has 0 radical (unpaired) electrons. The van der Waals surface area contributed by atoms with E-state index in [1.54, 1.807) is 6.07 Å². The molecule has 0 saturated heterocycles. The van der Waals surface area contributed by atoms with Crippen molar-refractivity contribution in [3.63, 3.8) is 0 Å². The molecule has 0 aliphatic heterocycles. The molecule has 0 atom stereocenters. The first-order valence-corrected chi connectivity index (χ1v) is 10.5. The zero-order chi connectivity index (χ0) is 22.0. The highest BCUT2D eigenvalue weighted by atomic mass is 35.5. The Balaban J connectivity index is 1.60. The van der Waals surface area contributed by atoms with E-state index in [2.05, 4.69) is 4.98 Å². The minimum absolute atomic E-state index is 0.0575. The number of aromatic nitrogens is 2. The van der Waals surface area contributed by atoms with E-state index < -0.39 is 11.6 Å². The lowest BCUT2D eigenvalue weighted by atomic mass is 10.1. The molecule has 4 aromatic rings. The summed E-state index contributed by atoms with van der Waals surface area (Å²) in [7, 11) is 1.86. The SMILES string of the molecule is Cn1c(-c2ccccc2)nc2oc(C=C3C(=O)c4c(Cl)c(Cl)c(Cl)c(Cl)c4C3=O)cc21. The third kappa shape index (κ3) is 2.96. The summed E-state index contributed by atoms with van der Waals surface area (Å²) in [6, 6.07) is 11.4. The number of nitrogens with zero attached hydrogens (tertiary/aromatic N) is 2. The van der Waals surface area contributed by atoms with Gasteiger partial charge in [-0.15, -0.1) is 0 Å². The van der Waals surface area contributed by atoms with Gasteiger partial charge in [0.2, 0.25) is 5.71 Å². The number of carbonyl (C=O) groups excluding carboxylic acids is 2. The summed E-state index contributed by atoms with van der Waals surface area (Å²) in [6.45, 7) is 0. The second-order valence-electron chi connectivity index (χ2n) is 6.92. The van der Waals surface area contributed by atoms with Crippen molar-refractivity contribution in [1.82, 2.24) is 9.55 Å². The third-order valence-corrected chi connectivity index (χ3v) is 6.93. The molecule has 0 unspecified atom stereocenters. The van der Waals surface area contributed by atoms with Gasteiger partial charge in [-0.2, -0.15) is 4.98 Å². The molecule has 154 valence electrons. The van der Waals surface area contributed by atoms with Crippen molar-refractivity contribution in [2.24, 2.45) is 7.05 Å². The van der Waals surface area contributed by atoms with Crippen LogP contribution in [0.1, 0.15) is 26.5 Å². The minimum atomic E-state index is -0.594. The van der Waals surface area contributed by atoms with Crippen molar-refractivity contribution < 1.29 is 14.0 Å². The number of benzene rings is 2. The molecule has 0 spiro atoms. The fourth-order valence-corrected chi connectivity index (χ4v) is 4.64. The van der Waals surface area contributed by atoms with Crippen molar-refractivity contribution >= 4 is 75.3 Å². The van der Waals surface area contributed by atoms with Gasteiger partial charge in [0.1, 0.15) is 17.1 Å². The average molecular weight is 492 g/mol. The maximum absolute atomic E-state index is 12.9. The van der Waals surface area contributed by atoms with Crippen LogP contribution in [0.15, 0.2) is 46.4 Å². The van der Waals surface area contributed by atoms with Crippen LogP contribution in [0.2, 0.25) is 20.1 Å². The van der Waals surface area contributed by atoms with Gasteiger partial charge in [-0.25, -0.2) is 0 Å². The Morgan fingerprint density at radius 2 is 1.48 bits per heavy atom. The Kier molecular flexibility index (Phi) is 4.75. The van der Waals surface area contributed by atoms with E-state index >= 15 is 0 Å². The Morgan fingerprint density at radius 1 is 0.903 bits per heavy atom. The Hall–Kier alpha value is -2.57. The van der Waals surface area contributed by atoms with Crippen molar-refractivity contribution in [2.45, 2.75) is 0 Å².